The minimum Gasteiger partial charge on any atom is -0.330 e. The van der Waals surface area contributed by atoms with Gasteiger partial charge in [0.1, 0.15) is 12.6 Å². The quantitative estimate of drug-likeness (QED) is 0.136. The van der Waals surface area contributed by atoms with Crippen LogP contribution < -0.4 is 4.90 Å². The number of rotatable bonds is 9. The van der Waals surface area contributed by atoms with E-state index >= 15 is 0 Å². The highest BCUT2D eigenvalue weighted by Gasteiger charge is 2.36. The van der Waals surface area contributed by atoms with Crippen molar-refractivity contribution in [1.82, 2.24) is 9.47 Å². The molecule has 2 heterocycles. The molecule has 1 aliphatic heterocycles. The van der Waals surface area contributed by atoms with Crippen LogP contribution >= 0.6 is 0 Å². The maximum Gasteiger partial charge on any atom is 0.269 e. The number of fused-ring (bicyclic) bond motifs is 3. The van der Waals surface area contributed by atoms with E-state index in [1.807, 2.05) is 73.5 Å². The first-order valence-electron chi connectivity index (χ1n) is 13.7. The topological polar surface area (TPSA) is 88.7 Å². The van der Waals surface area contributed by atoms with Gasteiger partial charge >= 0.3 is 0 Å². The van der Waals surface area contributed by atoms with Crippen molar-refractivity contribution in [2.45, 2.75) is 32.7 Å². The van der Waals surface area contributed by atoms with Crippen LogP contribution in [-0.2, 0) is 9.59 Å². The predicted molar refractivity (Wildman–Crippen MR) is 160 cm³/mol. The standard InChI is InChI=1S/C33H32N4O4/c1-3-4-21-34(31(38)20-15-25-13-18-27(19-14-25)37(40)41)23-32(39)36-29-9-6-5-8-28(29)35-22-7-10-30(35)33(36)26-16-11-24(2)12-17-26/h5-20,22,33H,3-4,21,23H2,1-2H3/b20-15+. The first kappa shape index (κ1) is 27.6. The molecule has 1 aliphatic rings. The van der Waals surface area contributed by atoms with Crippen LogP contribution in [-0.4, -0.2) is 39.3 Å². The Bertz CT molecular complexity index is 1590. The SMILES string of the molecule is CCCCN(CC(=O)N1c2ccccc2-n2cccc2C1c1ccc(C)cc1)C(=O)/C=C/c1ccc([N+](=O)[O-])cc1. The van der Waals surface area contributed by atoms with Crippen LogP contribution in [0.15, 0.2) is 97.2 Å². The monoisotopic (exact) mass is 548 g/mol. The maximum absolute atomic E-state index is 14.2. The van der Waals surface area contributed by atoms with Crippen molar-refractivity contribution in [3.8, 4) is 5.69 Å². The van der Waals surface area contributed by atoms with E-state index < -0.39 is 4.92 Å². The number of nitrogens with zero attached hydrogens (tertiary/aromatic N) is 4. The van der Waals surface area contributed by atoms with Gasteiger partial charge in [0.15, 0.2) is 0 Å². The van der Waals surface area contributed by atoms with E-state index in [1.165, 1.54) is 18.2 Å². The molecule has 0 aliphatic carbocycles. The highest BCUT2D eigenvalue weighted by atomic mass is 16.6. The van der Waals surface area contributed by atoms with E-state index in [0.29, 0.717) is 12.1 Å². The number of benzene rings is 3. The second-order valence-corrected chi connectivity index (χ2v) is 10.2. The summed E-state index contributed by atoms with van der Waals surface area (Å²) in [5, 5.41) is 10.9. The van der Waals surface area contributed by atoms with Crippen LogP contribution in [0.1, 0.15) is 48.2 Å². The number of amides is 2. The molecule has 0 radical (unpaired) electrons. The highest BCUT2D eigenvalue weighted by molar-refractivity contribution is 6.02. The first-order chi connectivity index (χ1) is 19.9. The molecule has 5 rings (SSSR count). The largest absolute Gasteiger partial charge is 0.330 e. The van der Waals surface area contributed by atoms with Gasteiger partial charge in [-0.3, -0.25) is 24.6 Å². The number of para-hydroxylation sites is 2. The van der Waals surface area contributed by atoms with Gasteiger partial charge in [-0.25, -0.2) is 0 Å². The number of unbranched alkanes of at least 4 members (excludes halogenated alkanes) is 1. The number of aromatic nitrogens is 1. The van der Waals surface area contributed by atoms with E-state index in [4.69, 9.17) is 0 Å². The van der Waals surface area contributed by atoms with Crippen molar-refractivity contribution in [3.63, 3.8) is 0 Å². The lowest BCUT2D eigenvalue weighted by atomic mass is 9.97. The average Bonchev–Trinajstić information content (AvgIpc) is 3.48. The van der Waals surface area contributed by atoms with Crippen LogP contribution in [0.5, 0.6) is 0 Å². The number of nitro benzene ring substituents is 1. The number of non-ortho nitro benzene ring substituents is 1. The molecule has 8 heteroatoms. The third-order valence-corrected chi connectivity index (χ3v) is 7.32. The van der Waals surface area contributed by atoms with E-state index in [2.05, 4.69) is 16.7 Å². The summed E-state index contributed by atoms with van der Waals surface area (Å²) < 4.78 is 2.12. The van der Waals surface area contributed by atoms with Crippen LogP contribution in [0.4, 0.5) is 11.4 Å². The Morgan fingerprint density at radius 3 is 2.34 bits per heavy atom. The molecule has 1 unspecified atom stereocenters. The van der Waals surface area contributed by atoms with Gasteiger partial charge in [0, 0.05) is 31.0 Å². The molecule has 0 fully saturated rings. The zero-order valence-corrected chi connectivity index (χ0v) is 23.1. The van der Waals surface area contributed by atoms with E-state index in [9.17, 15) is 19.7 Å². The number of hydrogen-bond acceptors (Lipinski definition) is 4. The number of anilines is 1. The van der Waals surface area contributed by atoms with Crippen molar-refractivity contribution < 1.29 is 14.5 Å². The van der Waals surface area contributed by atoms with E-state index in [1.54, 1.807) is 23.1 Å². The summed E-state index contributed by atoms with van der Waals surface area (Å²) in [5.41, 5.74) is 5.45. The van der Waals surface area contributed by atoms with Gasteiger partial charge in [0.05, 0.1) is 22.0 Å². The molecule has 0 saturated carbocycles. The van der Waals surface area contributed by atoms with Crippen molar-refractivity contribution in [1.29, 1.82) is 0 Å². The van der Waals surface area contributed by atoms with Gasteiger partial charge in [-0.2, -0.15) is 0 Å². The lowest BCUT2D eigenvalue weighted by Crippen LogP contribution is -2.46. The van der Waals surface area contributed by atoms with Crippen molar-refractivity contribution in [3.05, 3.63) is 130 Å². The minimum absolute atomic E-state index is 0.0141. The molecule has 1 atom stereocenters. The number of aryl methyl sites for hydroxylation is 1. The molecule has 0 bridgehead atoms. The summed E-state index contributed by atoms with van der Waals surface area (Å²) in [5.74, 6) is -0.464. The second-order valence-electron chi connectivity index (χ2n) is 10.2. The highest BCUT2D eigenvalue weighted by Crippen LogP contribution is 2.42. The molecule has 4 aromatic rings. The van der Waals surface area contributed by atoms with Crippen LogP contribution in [0.2, 0.25) is 0 Å². The van der Waals surface area contributed by atoms with Crippen molar-refractivity contribution >= 4 is 29.3 Å². The zero-order chi connectivity index (χ0) is 28.9. The van der Waals surface area contributed by atoms with Gasteiger partial charge in [-0.1, -0.05) is 55.3 Å². The Morgan fingerprint density at radius 1 is 0.951 bits per heavy atom. The Kier molecular flexibility index (Phi) is 8.10. The molecule has 0 saturated heterocycles. The van der Waals surface area contributed by atoms with Gasteiger partial charge in [-0.05, 0) is 66.9 Å². The molecule has 0 spiro atoms. The first-order valence-corrected chi connectivity index (χ1v) is 13.7. The number of nitro groups is 1. The third kappa shape index (κ3) is 5.82. The lowest BCUT2D eigenvalue weighted by molar-refractivity contribution is -0.384. The Balaban J connectivity index is 1.46. The summed E-state index contributed by atoms with van der Waals surface area (Å²) in [6.45, 7) is 4.43. The summed E-state index contributed by atoms with van der Waals surface area (Å²) in [7, 11) is 0. The normalized spacial score (nSPS) is 14.0. The lowest BCUT2D eigenvalue weighted by Gasteiger charge is -2.39. The van der Waals surface area contributed by atoms with Crippen molar-refractivity contribution in [2.24, 2.45) is 0 Å². The van der Waals surface area contributed by atoms with Crippen molar-refractivity contribution in [2.75, 3.05) is 18.0 Å². The number of carbonyl (C=O) groups is 2. The van der Waals surface area contributed by atoms with Gasteiger partial charge < -0.3 is 9.47 Å². The molecule has 41 heavy (non-hydrogen) atoms. The van der Waals surface area contributed by atoms with E-state index in [-0.39, 0.29) is 30.1 Å². The summed E-state index contributed by atoms with van der Waals surface area (Å²) in [4.78, 5) is 41.5. The second kappa shape index (κ2) is 12.0. The molecule has 208 valence electrons. The fraction of sp³-hybridized carbons (Fsp3) is 0.212. The molecule has 8 nitrogen and oxygen atoms in total. The Morgan fingerprint density at radius 2 is 1.66 bits per heavy atom. The molecule has 3 aromatic carbocycles. The minimum atomic E-state index is -0.462. The summed E-state index contributed by atoms with van der Waals surface area (Å²) in [6, 6.07) is 25.7. The number of hydrogen-bond donors (Lipinski definition) is 0. The zero-order valence-electron chi connectivity index (χ0n) is 23.1. The average molecular weight is 549 g/mol. The third-order valence-electron chi connectivity index (χ3n) is 7.32. The van der Waals surface area contributed by atoms with Crippen LogP contribution in [0.25, 0.3) is 11.8 Å². The molecule has 2 amide bonds. The number of carbonyl (C=O) groups excluding carboxylic acids is 2. The predicted octanol–water partition coefficient (Wildman–Crippen LogP) is 6.47. The Labute approximate surface area is 239 Å². The maximum atomic E-state index is 14.2. The van der Waals surface area contributed by atoms with Gasteiger partial charge in [0.25, 0.3) is 5.69 Å². The Hall–Kier alpha value is -4.98. The molecular formula is C33H32N4O4. The van der Waals surface area contributed by atoms with Gasteiger partial charge in [0.2, 0.25) is 11.8 Å². The molecular weight excluding hydrogens is 516 g/mol. The molecule has 0 N–H and O–H groups in total. The van der Waals surface area contributed by atoms with Gasteiger partial charge in [-0.15, -0.1) is 0 Å². The van der Waals surface area contributed by atoms with Crippen LogP contribution in [0, 0.1) is 17.0 Å². The van der Waals surface area contributed by atoms with E-state index in [0.717, 1.165) is 41.0 Å². The summed E-state index contributed by atoms with van der Waals surface area (Å²) >= 11 is 0. The summed E-state index contributed by atoms with van der Waals surface area (Å²) in [6.07, 6.45) is 6.68. The smallest absolute Gasteiger partial charge is 0.269 e. The molecule has 1 aromatic heterocycles. The van der Waals surface area contributed by atoms with Crippen LogP contribution in [0.3, 0.4) is 0 Å². The fourth-order valence-electron chi connectivity index (χ4n) is 5.16. The fourth-order valence-corrected chi connectivity index (χ4v) is 5.16.